The highest BCUT2D eigenvalue weighted by molar-refractivity contribution is 5.77. The number of ether oxygens (including phenoxy) is 2. The number of hydrogen-bond acceptors (Lipinski definition) is 4. The van der Waals surface area contributed by atoms with Crippen molar-refractivity contribution in [2.24, 2.45) is 0 Å². The maximum Gasteiger partial charge on any atom is 0.258 e. The number of piperidine rings is 1. The fraction of sp³-hybridized carbons (Fsp3) is 0.611. The zero-order valence-corrected chi connectivity index (χ0v) is 14.4. The lowest BCUT2D eigenvalue weighted by Crippen LogP contribution is -2.53. The molecule has 1 N–H and O–H groups in total. The smallest absolute Gasteiger partial charge is 0.258 e. The van der Waals surface area contributed by atoms with Gasteiger partial charge in [0.2, 0.25) is 0 Å². The minimum atomic E-state index is -0.0918. The van der Waals surface area contributed by atoms with Gasteiger partial charge in [0.1, 0.15) is 11.5 Å². The van der Waals surface area contributed by atoms with Crippen molar-refractivity contribution in [3.05, 3.63) is 24.3 Å². The molecule has 1 aromatic rings. The number of methoxy groups -OCH3 is 1. The number of amides is 1. The Hall–Kier alpha value is -1.75. The molecule has 1 saturated heterocycles. The van der Waals surface area contributed by atoms with E-state index < -0.39 is 0 Å². The second-order valence-corrected chi connectivity index (χ2v) is 6.60. The van der Waals surface area contributed by atoms with E-state index in [1.807, 2.05) is 12.1 Å². The molecule has 128 valence electrons. The fourth-order valence-corrected chi connectivity index (χ4v) is 2.80. The predicted molar refractivity (Wildman–Crippen MR) is 91.0 cm³/mol. The van der Waals surface area contributed by atoms with Crippen molar-refractivity contribution < 1.29 is 14.3 Å². The van der Waals surface area contributed by atoms with Gasteiger partial charge in [0.15, 0.2) is 6.61 Å². The maximum absolute atomic E-state index is 12.0. The first-order valence-corrected chi connectivity index (χ1v) is 8.30. The maximum atomic E-state index is 12.0. The molecule has 1 aliphatic rings. The van der Waals surface area contributed by atoms with Gasteiger partial charge in [-0.05, 0) is 64.0 Å². The summed E-state index contributed by atoms with van der Waals surface area (Å²) in [5, 5.41) is 2.98. The Balaban J connectivity index is 1.73. The van der Waals surface area contributed by atoms with E-state index in [1.165, 1.54) is 19.3 Å². The van der Waals surface area contributed by atoms with E-state index in [0.717, 1.165) is 18.8 Å². The Labute approximate surface area is 139 Å². The Morgan fingerprint density at radius 1 is 1.13 bits per heavy atom. The van der Waals surface area contributed by atoms with Gasteiger partial charge in [0, 0.05) is 12.1 Å². The van der Waals surface area contributed by atoms with Crippen LogP contribution in [0.25, 0.3) is 0 Å². The van der Waals surface area contributed by atoms with Crippen molar-refractivity contribution in [1.29, 1.82) is 0 Å². The van der Waals surface area contributed by atoms with Gasteiger partial charge in [0.25, 0.3) is 5.91 Å². The first-order chi connectivity index (χ1) is 11.0. The van der Waals surface area contributed by atoms with E-state index in [9.17, 15) is 4.79 Å². The van der Waals surface area contributed by atoms with Gasteiger partial charge in [-0.15, -0.1) is 0 Å². The van der Waals surface area contributed by atoms with Crippen LogP contribution in [-0.2, 0) is 4.79 Å². The third-order valence-corrected chi connectivity index (χ3v) is 4.36. The summed E-state index contributed by atoms with van der Waals surface area (Å²) < 4.78 is 10.6. The summed E-state index contributed by atoms with van der Waals surface area (Å²) in [6, 6.07) is 7.22. The number of nitrogens with one attached hydrogen (secondary N) is 1. The highest BCUT2D eigenvalue weighted by atomic mass is 16.5. The molecule has 5 nitrogen and oxygen atoms in total. The monoisotopic (exact) mass is 320 g/mol. The Morgan fingerprint density at radius 2 is 1.74 bits per heavy atom. The van der Waals surface area contributed by atoms with Crippen molar-refractivity contribution in [3.63, 3.8) is 0 Å². The summed E-state index contributed by atoms with van der Waals surface area (Å²) in [6.45, 7) is 7.27. The van der Waals surface area contributed by atoms with Crippen LogP contribution >= 0.6 is 0 Å². The fourth-order valence-electron chi connectivity index (χ4n) is 2.80. The molecule has 0 spiro atoms. The zero-order valence-electron chi connectivity index (χ0n) is 14.4. The Bertz CT molecular complexity index is 493. The standard InChI is InChI=1S/C18H28N2O3/c1-18(2,20-11-5-4-6-12-20)14-19-17(21)13-23-16-9-7-15(22-3)8-10-16/h7-10H,4-6,11-14H2,1-3H3,(H,19,21). The van der Waals surface area contributed by atoms with Gasteiger partial charge < -0.3 is 14.8 Å². The van der Waals surface area contributed by atoms with E-state index in [0.29, 0.717) is 12.3 Å². The average molecular weight is 320 g/mol. The molecule has 1 aliphatic heterocycles. The first-order valence-electron chi connectivity index (χ1n) is 8.30. The third kappa shape index (κ3) is 5.43. The second-order valence-electron chi connectivity index (χ2n) is 6.60. The molecule has 2 rings (SSSR count). The van der Waals surface area contributed by atoms with Crippen molar-refractivity contribution in [1.82, 2.24) is 10.2 Å². The molecule has 0 aliphatic carbocycles. The molecule has 1 fully saturated rings. The van der Waals surface area contributed by atoms with Gasteiger partial charge in [0.05, 0.1) is 7.11 Å². The van der Waals surface area contributed by atoms with Crippen LogP contribution in [0.3, 0.4) is 0 Å². The van der Waals surface area contributed by atoms with Crippen LogP contribution in [0.4, 0.5) is 0 Å². The van der Waals surface area contributed by atoms with Crippen molar-refractivity contribution in [2.75, 3.05) is 33.4 Å². The van der Waals surface area contributed by atoms with Gasteiger partial charge in [-0.25, -0.2) is 0 Å². The molecule has 1 heterocycles. The van der Waals surface area contributed by atoms with Crippen LogP contribution in [0.1, 0.15) is 33.1 Å². The lowest BCUT2D eigenvalue weighted by atomic mass is 9.98. The topological polar surface area (TPSA) is 50.8 Å². The first kappa shape index (κ1) is 17.6. The summed E-state index contributed by atoms with van der Waals surface area (Å²) >= 11 is 0. The number of likely N-dealkylation sites (tertiary alicyclic amines) is 1. The largest absolute Gasteiger partial charge is 0.497 e. The normalized spacial score (nSPS) is 16.0. The average Bonchev–Trinajstić information content (AvgIpc) is 2.59. The molecule has 1 amide bonds. The van der Waals surface area contributed by atoms with Crippen molar-refractivity contribution >= 4 is 5.91 Å². The van der Waals surface area contributed by atoms with Crippen LogP contribution in [0.2, 0.25) is 0 Å². The number of benzene rings is 1. The van der Waals surface area contributed by atoms with Crippen molar-refractivity contribution in [3.8, 4) is 11.5 Å². The summed E-state index contributed by atoms with van der Waals surface area (Å²) in [5.41, 5.74) is -0.0177. The number of rotatable bonds is 7. The summed E-state index contributed by atoms with van der Waals surface area (Å²) in [5.74, 6) is 1.34. The molecule has 0 radical (unpaired) electrons. The number of nitrogens with zero attached hydrogens (tertiary/aromatic N) is 1. The number of carbonyl (C=O) groups is 1. The van der Waals surface area contributed by atoms with E-state index in [-0.39, 0.29) is 18.1 Å². The van der Waals surface area contributed by atoms with Gasteiger partial charge >= 0.3 is 0 Å². The summed E-state index contributed by atoms with van der Waals surface area (Å²) in [6.07, 6.45) is 3.81. The minimum Gasteiger partial charge on any atom is -0.497 e. The van der Waals surface area contributed by atoms with Gasteiger partial charge in [-0.3, -0.25) is 9.69 Å². The van der Waals surface area contributed by atoms with Crippen LogP contribution in [0, 0.1) is 0 Å². The summed E-state index contributed by atoms with van der Waals surface area (Å²) in [7, 11) is 1.62. The van der Waals surface area contributed by atoms with E-state index in [1.54, 1.807) is 19.2 Å². The molecular weight excluding hydrogens is 292 g/mol. The van der Waals surface area contributed by atoms with E-state index in [4.69, 9.17) is 9.47 Å². The number of hydrogen-bond donors (Lipinski definition) is 1. The molecule has 1 aromatic carbocycles. The SMILES string of the molecule is COc1ccc(OCC(=O)NCC(C)(C)N2CCCCC2)cc1. The van der Waals surface area contributed by atoms with Crippen LogP contribution in [0.5, 0.6) is 11.5 Å². The minimum absolute atomic E-state index is 0.0177. The summed E-state index contributed by atoms with van der Waals surface area (Å²) in [4.78, 5) is 14.4. The highest BCUT2D eigenvalue weighted by Gasteiger charge is 2.28. The molecule has 0 saturated carbocycles. The molecule has 0 aromatic heterocycles. The molecule has 23 heavy (non-hydrogen) atoms. The lowest BCUT2D eigenvalue weighted by Gasteiger charge is -2.41. The number of carbonyl (C=O) groups excluding carboxylic acids is 1. The zero-order chi connectivity index (χ0) is 16.7. The molecule has 0 bridgehead atoms. The van der Waals surface area contributed by atoms with Crippen LogP contribution < -0.4 is 14.8 Å². The lowest BCUT2D eigenvalue weighted by molar-refractivity contribution is -0.123. The van der Waals surface area contributed by atoms with Crippen LogP contribution in [-0.4, -0.2) is 49.7 Å². The van der Waals surface area contributed by atoms with Gasteiger partial charge in [-0.1, -0.05) is 6.42 Å². The molecule has 0 unspecified atom stereocenters. The van der Waals surface area contributed by atoms with Crippen LogP contribution in [0.15, 0.2) is 24.3 Å². The van der Waals surface area contributed by atoms with Gasteiger partial charge in [-0.2, -0.15) is 0 Å². The van der Waals surface area contributed by atoms with Crippen molar-refractivity contribution in [2.45, 2.75) is 38.6 Å². The quantitative estimate of drug-likeness (QED) is 0.838. The molecule has 5 heteroatoms. The molecule has 0 atom stereocenters. The predicted octanol–water partition coefficient (Wildman–Crippen LogP) is 2.45. The van der Waals surface area contributed by atoms with E-state index >= 15 is 0 Å². The Morgan fingerprint density at radius 3 is 2.35 bits per heavy atom. The second kappa shape index (κ2) is 8.20. The van der Waals surface area contributed by atoms with E-state index in [2.05, 4.69) is 24.1 Å². The Kier molecular flexibility index (Phi) is 6.28. The highest BCUT2D eigenvalue weighted by Crippen LogP contribution is 2.20. The third-order valence-electron chi connectivity index (χ3n) is 4.36. The molecular formula is C18H28N2O3.